The first-order valence-corrected chi connectivity index (χ1v) is 6.05. The van der Waals surface area contributed by atoms with Gasteiger partial charge in [0.2, 0.25) is 0 Å². The van der Waals surface area contributed by atoms with Gasteiger partial charge in [-0.2, -0.15) is 5.10 Å². The molecule has 0 radical (unpaired) electrons. The van der Waals surface area contributed by atoms with Gasteiger partial charge in [-0.15, -0.1) is 0 Å². The minimum Gasteiger partial charge on any atom is -0.339 e. The molecule has 94 valence electrons. The molecule has 0 bridgehead atoms. The highest BCUT2D eigenvalue weighted by Crippen LogP contribution is 2.22. The molecule has 0 amide bonds. The Morgan fingerprint density at radius 3 is 2.83 bits per heavy atom. The molecule has 0 saturated heterocycles. The van der Waals surface area contributed by atoms with Crippen molar-refractivity contribution in [3.8, 4) is 0 Å². The molecule has 2 N–H and O–H groups in total. The molecular formula is C11H13BrN6. The lowest BCUT2D eigenvalue weighted by Gasteiger charge is -2.18. The maximum atomic E-state index is 7.25. The second kappa shape index (κ2) is 5.18. The molecule has 0 spiro atoms. The molecule has 0 aromatic carbocycles. The predicted octanol–water partition coefficient (Wildman–Crippen LogP) is 2.03. The summed E-state index contributed by atoms with van der Waals surface area (Å²) < 4.78 is 2.53. The lowest BCUT2D eigenvalue weighted by Crippen LogP contribution is -2.16. The molecule has 0 fully saturated rings. The highest BCUT2D eigenvalue weighted by Gasteiger charge is 2.13. The number of rotatable bonds is 4. The van der Waals surface area contributed by atoms with Crippen molar-refractivity contribution in [2.24, 2.45) is 7.05 Å². The number of nitrogens with zero attached hydrogens (tertiary/aromatic N) is 4. The van der Waals surface area contributed by atoms with Gasteiger partial charge in [0.1, 0.15) is 4.60 Å². The summed E-state index contributed by atoms with van der Waals surface area (Å²) in [4.78, 5) is 9.25. The van der Waals surface area contributed by atoms with Crippen molar-refractivity contribution in [2.45, 2.75) is 0 Å². The third-order valence-corrected chi connectivity index (χ3v) is 2.87. The van der Waals surface area contributed by atoms with Gasteiger partial charge in [-0.25, -0.2) is 4.98 Å². The Kier molecular flexibility index (Phi) is 3.61. The van der Waals surface area contributed by atoms with Crippen LogP contribution in [0.25, 0.3) is 5.70 Å². The van der Waals surface area contributed by atoms with Crippen molar-refractivity contribution in [1.29, 1.82) is 5.41 Å². The molecule has 2 aromatic rings. The minimum atomic E-state index is 0.691. The highest BCUT2D eigenvalue weighted by atomic mass is 79.9. The molecule has 18 heavy (non-hydrogen) atoms. The molecule has 6 nitrogen and oxygen atoms in total. The first-order valence-electron chi connectivity index (χ1n) is 5.26. The third kappa shape index (κ3) is 2.51. The summed E-state index contributed by atoms with van der Waals surface area (Å²) >= 11 is 3.32. The third-order valence-electron chi connectivity index (χ3n) is 2.47. The normalized spacial score (nSPS) is 11.6. The fraction of sp³-hybridized carbons (Fsp3) is 0.182. The molecule has 0 atom stereocenters. The van der Waals surface area contributed by atoms with Gasteiger partial charge in [-0.05, 0) is 22.0 Å². The zero-order chi connectivity index (χ0) is 13.1. The summed E-state index contributed by atoms with van der Waals surface area (Å²) in [6.45, 7) is 0. The van der Waals surface area contributed by atoms with Gasteiger partial charge >= 0.3 is 0 Å². The number of aromatic nitrogens is 4. The number of halogens is 1. The van der Waals surface area contributed by atoms with E-state index in [9.17, 15) is 0 Å². The van der Waals surface area contributed by atoms with Crippen LogP contribution in [0.5, 0.6) is 0 Å². The number of aromatic amines is 1. The number of hydrogen-bond acceptors (Lipinski definition) is 4. The van der Waals surface area contributed by atoms with Crippen LogP contribution in [0, 0.1) is 5.41 Å². The summed E-state index contributed by atoms with van der Waals surface area (Å²) in [6.07, 6.45) is 8.26. The van der Waals surface area contributed by atoms with Crippen LogP contribution in [0.4, 0.5) is 5.69 Å². The lowest BCUT2D eigenvalue weighted by atomic mass is 10.3. The van der Waals surface area contributed by atoms with E-state index in [2.05, 4.69) is 31.0 Å². The Labute approximate surface area is 113 Å². The number of nitrogens with one attached hydrogen (secondary N) is 2. The van der Waals surface area contributed by atoms with Crippen LogP contribution in [0.3, 0.4) is 0 Å². The van der Waals surface area contributed by atoms with Crippen LogP contribution in [0.1, 0.15) is 5.82 Å². The lowest BCUT2D eigenvalue weighted by molar-refractivity contribution is 0.767. The van der Waals surface area contributed by atoms with Gasteiger partial charge in [0.25, 0.3) is 0 Å². The van der Waals surface area contributed by atoms with Crippen LogP contribution in [0.2, 0.25) is 0 Å². The summed E-state index contributed by atoms with van der Waals surface area (Å²) in [6, 6.07) is 0. The SMILES string of the molecule is CN(/C(=C/C=N)c1ncc(Br)[nH]1)c1cnn(C)c1. The standard InChI is InChI=1S/C11H13BrN6/c1-17-7-8(5-15-17)18(2)9(3-4-13)11-14-6-10(12)16-11/h3-7,13H,1-2H3,(H,14,16)/b9-3+,13-4?. The van der Waals surface area contributed by atoms with E-state index in [1.807, 2.05) is 25.2 Å². The van der Waals surface area contributed by atoms with Gasteiger partial charge in [-0.1, -0.05) is 0 Å². The summed E-state index contributed by atoms with van der Waals surface area (Å²) in [5.74, 6) is 0.691. The van der Waals surface area contributed by atoms with Gasteiger partial charge in [0.05, 0.1) is 23.8 Å². The van der Waals surface area contributed by atoms with E-state index >= 15 is 0 Å². The van der Waals surface area contributed by atoms with Crippen molar-refractivity contribution < 1.29 is 0 Å². The number of imidazole rings is 1. The maximum absolute atomic E-state index is 7.25. The molecular weight excluding hydrogens is 296 g/mol. The summed E-state index contributed by atoms with van der Waals surface area (Å²) in [5.41, 5.74) is 1.72. The van der Waals surface area contributed by atoms with Crippen LogP contribution in [-0.4, -0.2) is 33.0 Å². The molecule has 0 aliphatic rings. The second-order valence-corrected chi connectivity index (χ2v) is 4.58. The second-order valence-electron chi connectivity index (χ2n) is 3.73. The Hall–Kier alpha value is -1.89. The zero-order valence-electron chi connectivity index (χ0n) is 10.1. The van der Waals surface area contributed by atoms with Crippen molar-refractivity contribution >= 4 is 33.5 Å². The van der Waals surface area contributed by atoms with Gasteiger partial charge in [0.15, 0.2) is 5.82 Å². The fourth-order valence-corrected chi connectivity index (χ4v) is 1.87. The Morgan fingerprint density at radius 1 is 1.56 bits per heavy atom. The molecule has 0 aliphatic heterocycles. The molecule has 0 unspecified atom stereocenters. The number of anilines is 1. The number of allylic oxidation sites excluding steroid dienone is 1. The monoisotopic (exact) mass is 308 g/mol. The first-order chi connectivity index (χ1) is 8.61. The minimum absolute atomic E-state index is 0.691. The molecule has 2 heterocycles. The molecule has 2 aromatic heterocycles. The quantitative estimate of drug-likeness (QED) is 0.849. The smallest absolute Gasteiger partial charge is 0.154 e. The average Bonchev–Trinajstić information content (AvgIpc) is 2.94. The Bertz CT molecular complexity index is 582. The maximum Gasteiger partial charge on any atom is 0.154 e. The van der Waals surface area contributed by atoms with Gasteiger partial charge < -0.3 is 15.3 Å². The van der Waals surface area contributed by atoms with Crippen LogP contribution in [0.15, 0.2) is 29.3 Å². The predicted molar refractivity (Wildman–Crippen MR) is 74.7 cm³/mol. The fourth-order valence-electron chi connectivity index (χ4n) is 1.58. The van der Waals surface area contributed by atoms with Crippen LogP contribution < -0.4 is 4.90 Å². The van der Waals surface area contributed by atoms with E-state index in [4.69, 9.17) is 5.41 Å². The van der Waals surface area contributed by atoms with E-state index in [0.717, 1.165) is 16.0 Å². The first kappa shape index (κ1) is 12.6. The van der Waals surface area contributed by atoms with E-state index in [0.29, 0.717) is 5.82 Å². The summed E-state index contributed by atoms with van der Waals surface area (Å²) in [7, 11) is 3.77. The van der Waals surface area contributed by atoms with Crippen molar-refractivity contribution in [1.82, 2.24) is 19.7 Å². The molecule has 0 saturated carbocycles. The Morgan fingerprint density at radius 2 is 2.33 bits per heavy atom. The van der Waals surface area contributed by atoms with E-state index in [1.54, 1.807) is 23.2 Å². The van der Waals surface area contributed by atoms with E-state index in [-0.39, 0.29) is 0 Å². The molecule has 0 aliphatic carbocycles. The summed E-state index contributed by atoms with van der Waals surface area (Å²) in [5, 5.41) is 11.4. The van der Waals surface area contributed by atoms with E-state index in [1.165, 1.54) is 6.21 Å². The van der Waals surface area contributed by atoms with Gasteiger partial charge in [0, 0.05) is 26.5 Å². The molecule has 7 heteroatoms. The van der Waals surface area contributed by atoms with Crippen LogP contribution >= 0.6 is 15.9 Å². The van der Waals surface area contributed by atoms with Crippen LogP contribution in [-0.2, 0) is 7.05 Å². The highest BCUT2D eigenvalue weighted by molar-refractivity contribution is 9.10. The number of hydrogen-bond donors (Lipinski definition) is 2. The molecule has 2 rings (SSSR count). The Balaban J connectivity index is 2.37. The van der Waals surface area contributed by atoms with Crippen molar-refractivity contribution in [2.75, 3.05) is 11.9 Å². The number of H-pyrrole nitrogens is 1. The number of aryl methyl sites for hydroxylation is 1. The average molecular weight is 309 g/mol. The van der Waals surface area contributed by atoms with Gasteiger partial charge in [-0.3, -0.25) is 4.68 Å². The zero-order valence-corrected chi connectivity index (χ0v) is 11.6. The van der Waals surface area contributed by atoms with Crippen molar-refractivity contribution in [3.63, 3.8) is 0 Å². The topological polar surface area (TPSA) is 73.6 Å². The van der Waals surface area contributed by atoms with Crippen molar-refractivity contribution in [3.05, 3.63) is 35.1 Å². The largest absolute Gasteiger partial charge is 0.339 e. The van der Waals surface area contributed by atoms with E-state index < -0.39 is 0 Å².